The van der Waals surface area contributed by atoms with Crippen LogP contribution in [0.1, 0.15) is 48.0 Å². The fourth-order valence-electron chi connectivity index (χ4n) is 5.00. The summed E-state index contributed by atoms with van der Waals surface area (Å²) in [4.78, 5) is 37.8. The van der Waals surface area contributed by atoms with E-state index in [0.29, 0.717) is 43.2 Å². The number of carbonyl (C=O) groups is 3. The van der Waals surface area contributed by atoms with Gasteiger partial charge in [-0.15, -0.1) is 0 Å². The maximum Gasteiger partial charge on any atom is 0.317 e. The molecule has 8 nitrogen and oxygen atoms in total. The largest absolute Gasteiger partial charge is 0.490 e. The summed E-state index contributed by atoms with van der Waals surface area (Å²) in [6.07, 6.45) is 4.68. The van der Waals surface area contributed by atoms with Crippen molar-refractivity contribution >= 4 is 17.9 Å². The molecule has 1 saturated heterocycles. The summed E-state index contributed by atoms with van der Waals surface area (Å²) in [5.41, 5.74) is 1.82. The summed E-state index contributed by atoms with van der Waals surface area (Å²) in [7, 11) is 0. The van der Waals surface area contributed by atoms with E-state index in [0.717, 1.165) is 38.8 Å². The number of likely N-dealkylation sites (tertiary alicyclic amines) is 1. The zero-order chi connectivity index (χ0) is 25.3. The minimum absolute atomic E-state index is 0.00751. The van der Waals surface area contributed by atoms with Crippen LogP contribution in [0.3, 0.4) is 0 Å². The molecule has 1 aliphatic carbocycles. The van der Waals surface area contributed by atoms with Gasteiger partial charge in [-0.25, -0.2) is 4.79 Å². The van der Waals surface area contributed by atoms with E-state index in [-0.39, 0.29) is 24.0 Å². The Hall–Kier alpha value is -3.55. The maximum absolute atomic E-state index is 12.5. The molecule has 0 aromatic heterocycles. The summed E-state index contributed by atoms with van der Waals surface area (Å²) in [5, 5.41) is 14.8. The first-order chi connectivity index (χ1) is 17.5. The van der Waals surface area contributed by atoms with Gasteiger partial charge in [0.1, 0.15) is 5.75 Å². The average Bonchev–Trinajstić information content (AvgIpc) is 3.36. The van der Waals surface area contributed by atoms with Crippen LogP contribution in [0, 0.1) is 11.8 Å². The van der Waals surface area contributed by atoms with Crippen LogP contribution in [0.2, 0.25) is 0 Å². The van der Waals surface area contributed by atoms with E-state index < -0.39 is 5.97 Å². The van der Waals surface area contributed by atoms with Crippen LogP contribution < -0.4 is 15.4 Å². The molecule has 1 unspecified atom stereocenters. The first kappa shape index (κ1) is 25.5. The lowest BCUT2D eigenvalue weighted by Gasteiger charge is -2.26. The fourth-order valence-corrected chi connectivity index (χ4v) is 5.00. The van der Waals surface area contributed by atoms with E-state index in [1.807, 2.05) is 23.1 Å². The molecular weight excluding hydrogens is 458 g/mol. The van der Waals surface area contributed by atoms with Gasteiger partial charge in [-0.2, -0.15) is 0 Å². The molecule has 0 bridgehead atoms. The van der Waals surface area contributed by atoms with E-state index in [9.17, 15) is 14.4 Å². The van der Waals surface area contributed by atoms with Gasteiger partial charge in [-0.05, 0) is 74.3 Å². The molecule has 2 fully saturated rings. The summed E-state index contributed by atoms with van der Waals surface area (Å²) < 4.78 is 5.96. The number of hydrogen-bond acceptors (Lipinski definition) is 4. The first-order valence-corrected chi connectivity index (χ1v) is 12.8. The standard InChI is InChI=1S/C28H35N3O5/c32-26(22-6-10-24(11-7-22)36-25-12-8-23(9-13-25)27(33)34)29-15-16-30-28(35)31-17-14-21(19-31)18-20-4-2-1-3-5-20/h1-7,10-11,21,23,25H,8-9,12-19H2,(H,29,32)(H,30,35)(H,33,34). The molecule has 1 saturated carbocycles. The molecule has 1 aliphatic heterocycles. The minimum atomic E-state index is -0.730. The van der Waals surface area contributed by atoms with Gasteiger partial charge in [0.2, 0.25) is 0 Å². The molecule has 36 heavy (non-hydrogen) atoms. The Morgan fingerprint density at radius 1 is 0.889 bits per heavy atom. The van der Waals surface area contributed by atoms with E-state index in [1.54, 1.807) is 24.3 Å². The van der Waals surface area contributed by atoms with Crippen molar-refractivity contribution in [3.63, 3.8) is 0 Å². The number of urea groups is 1. The van der Waals surface area contributed by atoms with Gasteiger partial charge in [-0.3, -0.25) is 9.59 Å². The van der Waals surface area contributed by atoms with Crippen molar-refractivity contribution in [1.82, 2.24) is 15.5 Å². The van der Waals surface area contributed by atoms with Crippen molar-refractivity contribution < 1.29 is 24.2 Å². The van der Waals surface area contributed by atoms with Crippen molar-refractivity contribution in [3.8, 4) is 5.75 Å². The van der Waals surface area contributed by atoms with Gasteiger partial charge in [0.05, 0.1) is 12.0 Å². The van der Waals surface area contributed by atoms with Gasteiger partial charge in [0.15, 0.2) is 0 Å². The van der Waals surface area contributed by atoms with Crippen molar-refractivity contribution in [2.45, 2.75) is 44.6 Å². The van der Waals surface area contributed by atoms with Crippen LogP contribution in [-0.2, 0) is 11.2 Å². The van der Waals surface area contributed by atoms with Crippen LogP contribution in [0.4, 0.5) is 4.79 Å². The van der Waals surface area contributed by atoms with Crippen molar-refractivity contribution in [1.29, 1.82) is 0 Å². The number of nitrogens with zero attached hydrogens (tertiary/aromatic N) is 1. The molecule has 1 heterocycles. The Morgan fingerprint density at radius 3 is 2.28 bits per heavy atom. The predicted octanol–water partition coefficient (Wildman–Crippen LogP) is 3.71. The SMILES string of the molecule is O=C(NCCNC(=O)N1CCC(Cc2ccccc2)C1)c1ccc(OC2CCC(C(=O)O)CC2)cc1. The number of nitrogens with one attached hydrogen (secondary N) is 2. The zero-order valence-electron chi connectivity index (χ0n) is 20.5. The molecule has 4 rings (SSSR count). The normalized spacial score (nSPS) is 21.6. The molecule has 2 aliphatic rings. The molecule has 0 radical (unpaired) electrons. The molecule has 0 spiro atoms. The van der Waals surface area contributed by atoms with Gasteiger partial charge < -0.3 is 25.4 Å². The number of aliphatic carboxylic acids is 1. The topological polar surface area (TPSA) is 108 Å². The summed E-state index contributed by atoms with van der Waals surface area (Å²) in [6, 6.07) is 17.2. The third-order valence-electron chi connectivity index (χ3n) is 7.07. The Morgan fingerprint density at radius 2 is 1.58 bits per heavy atom. The minimum Gasteiger partial charge on any atom is -0.490 e. The fraction of sp³-hybridized carbons (Fsp3) is 0.464. The monoisotopic (exact) mass is 493 g/mol. The van der Waals surface area contributed by atoms with Crippen molar-refractivity contribution in [2.75, 3.05) is 26.2 Å². The average molecular weight is 494 g/mol. The highest BCUT2D eigenvalue weighted by Crippen LogP contribution is 2.28. The van der Waals surface area contributed by atoms with Gasteiger partial charge in [-0.1, -0.05) is 30.3 Å². The smallest absolute Gasteiger partial charge is 0.317 e. The lowest BCUT2D eigenvalue weighted by atomic mass is 9.87. The maximum atomic E-state index is 12.5. The Labute approximate surface area is 212 Å². The Balaban J connectivity index is 1.12. The highest BCUT2D eigenvalue weighted by Gasteiger charge is 2.27. The second kappa shape index (κ2) is 12.4. The third-order valence-corrected chi connectivity index (χ3v) is 7.07. The van der Waals surface area contributed by atoms with Crippen LogP contribution in [0.5, 0.6) is 5.75 Å². The number of ether oxygens (including phenoxy) is 1. The van der Waals surface area contributed by atoms with Crippen LogP contribution in [-0.4, -0.2) is 60.2 Å². The second-order valence-corrected chi connectivity index (χ2v) is 9.73. The van der Waals surface area contributed by atoms with Gasteiger partial charge in [0, 0.05) is 31.7 Å². The predicted molar refractivity (Wildman–Crippen MR) is 136 cm³/mol. The summed E-state index contributed by atoms with van der Waals surface area (Å²) in [6.45, 7) is 2.22. The lowest BCUT2D eigenvalue weighted by Crippen LogP contribution is -2.42. The van der Waals surface area contributed by atoms with Gasteiger partial charge >= 0.3 is 12.0 Å². The quantitative estimate of drug-likeness (QED) is 0.462. The van der Waals surface area contributed by atoms with Crippen LogP contribution in [0.15, 0.2) is 54.6 Å². The number of benzene rings is 2. The molecule has 1 atom stereocenters. The van der Waals surface area contributed by atoms with E-state index in [4.69, 9.17) is 9.84 Å². The molecule has 3 N–H and O–H groups in total. The molecule has 2 aromatic carbocycles. The van der Waals surface area contributed by atoms with E-state index in [1.165, 1.54) is 5.56 Å². The second-order valence-electron chi connectivity index (χ2n) is 9.73. The Bertz CT molecular complexity index is 1020. The molecular formula is C28H35N3O5. The summed E-state index contributed by atoms with van der Waals surface area (Å²) in [5.74, 6) is -0.0558. The zero-order valence-corrected chi connectivity index (χ0v) is 20.5. The summed E-state index contributed by atoms with van der Waals surface area (Å²) >= 11 is 0. The van der Waals surface area contributed by atoms with Crippen molar-refractivity contribution in [2.24, 2.45) is 11.8 Å². The molecule has 3 amide bonds. The van der Waals surface area contributed by atoms with Crippen molar-refractivity contribution in [3.05, 3.63) is 65.7 Å². The van der Waals surface area contributed by atoms with E-state index >= 15 is 0 Å². The number of carboxylic acid groups (broad SMARTS) is 1. The number of rotatable bonds is 9. The van der Waals surface area contributed by atoms with E-state index in [2.05, 4.69) is 22.8 Å². The number of carbonyl (C=O) groups excluding carboxylic acids is 2. The highest BCUT2D eigenvalue weighted by atomic mass is 16.5. The van der Waals surface area contributed by atoms with Crippen LogP contribution >= 0.6 is 0 Å². The molecule has 192 valence electrons. The number of hydrogen-bond donors (Lipinski definition) is 3. The number of carboxylic acids is 1. The highest BCUT2D eigenvalue weighted by molar-refractivity contribution is 5.94. The molecule has 2 aromatic rings. The van der Waals surface area contributed by atoms with Crippen LogP contribution in [0.25, 0.3) is 0 Å². The third kappa shape index (κ3) is 7.23. The number of amides is 3. The Kier molecular flexibility index (Phi) is 8.81. The lowest BCUT2D eigenvalue weighted by molar-refractivity contribution is -0.143. The molecule has 8 heteroatoms. The van der Waals surface area contributed by atoms with Gasteiger partial charge in [0.25, 0.3) is 5.91 Å². The first-order valence-electron chi connectivity index (χ1n) is 12.8.